The Kier molecular flexibility index (Phi) is 9.09. The van der Waals surface area contributed by atoms with Gasteiger partial charge in [-0.3, -0.25) is 19.5 Å². The van der Waals surface area contributed by atoms with Crippen molar-refractivity contribution in [3.05, 3.63) is 82.4 Å². The maximum atomic E-state index is 13.9. The number of carbonyl (C=O) groups is 2. The van der Waals surface area contributed by atoms with E-state index in [9.17, 15) is 32.9 Å². The summed E-state index contributed by atoms with van der Waals surface area (Å²) in [5.74, 6) is -0.187. The third-order valence-corrected chi connectivity index (χ3v) is 7.62. The Morgan fingerprint density at radius 2 is 1.87 bits per heavy atom. The number of ether oxygens (including phenoxy) is 2. The molecule has 13 nitrogen and oxygen atoms in total. The Labute approximate surface area is 260 Å². The fourth-order valence-electron chi connectivity index (χ4n) is 5.14. The van der Waals surface area contributed by atoms with Crippen LogP contribution in [-0.2, 0) is 22.1 Å². The molecule has 5 rings (SSSR count). The van der Waals surface area contributed by atoms with Crippen LogP contribution in [0.5, 0.6) is 11.6 Å². The summed E-state index contributed by atoms with van der Waals surface area (Å²) in [6.07, 6.45) is -2.27. The lowest BCUT2D eigenvalue weighted by Crippen LogP contribution is -2.38. The van der Waals surface area contributed by atoms with Gasteiger partial charge in [0.1, 0.15) is 12.1 Å². The number of halogens is 3. The highest BCUT2D eigenvalue weighted by molar-refractivity contribution is 5.99. The number of hydrogen-bond acceptors (Lipinski definition) is 9. The van der Waals surface area contributed by atoms with Crippen molar-refractivity contribution in [2.75, 3.05) is 36.5 Å². The van der Waals surface area contributed by atoms with Crippen molar-refractivity contribution in [1.82, 2.24) is 14.5 Å². The molecule has 242 valence electrons. The molecule has 1 atom stereocenters. The SMILES string of the molecule is CC(CCC(N)=O)(Cc1cc(Oc2ccc3c(ccn3C(=O)Nc3ccc(N4CCOCC4)c(C(F)(F)F)c3)c2)ncn1)[N+](=O)[O-]. The van der Waals surface area contributed by atoms with Gasteiger partial charge in [0.25, 0.3) is 0 Å². The normalized spacial score (nSPS) is 14.9. The molecule has 0 aliphatic carbocycles. The molecule has 1 saturated heterocycles. The van der Waals surface area contributed by atoms with Crippen LogP contribution in [0.2, 0.25) is 0 Å². The molecule has 1 unspecified atom stereocenters. The second kappa shape index (κ2) is 13.0. The average molecular weight is 642 g/mol. The first-order chi connectivity index (χ1) is 21.8. The standard InChI is InChI=1S/C30H30F3N7O6/c1-29(40(43)44,8-6-26(34)41)17-21-16-27(36-18-35-21)46-22-3-5-24-19(14-22)7-9-39(24)28(42)37-20-2-4-25(23(15-20)30(31,32)33)38-10-12-45-13-11-38/h2-5,7,9,14-16,18H,6,8,10-13,17H2,1H3,(H2,34,41)(H,37,42). The molecule has 16 heteroatoms. The third kappa shape index (κ3) is 7.34. The monoisotopic (exact) mass is 641 g/mol. The predicted molar refractivity (Wildman–Crippen MR) is 160 cm³/mol. The van der Waals surface area contributed by atoms with Crippen molar-refractivity contribution < 1.29 is 37.2 Å². The van der Waals surface area contributed by atoms with E-state index in [1.165, 1.54) is 42.2 Å². The number of rotatable bonds is 10. The fourth-order valence-corrected chi connectivity index (χ4v) is 5.14. The number of hydrogen-bond donors (Lipinski definition) is 2. The lowest BCUT2D eigenvalue weighted by Gasteiger charge is -2.31. The Hall–Kier alpha value is -5.25. The summed E-state index contributed by atoms with van der Waals surface area (Å²) in [6, 6.07) is 10.9. The first-order valence-corrected chi connectivity index (χ1v) is 14.2. The van der Waals surface area contributed by atoms with Crippen LogP contribution < -0.4 is 20.7 Å². The Bertz CT molecular complexity index is 1770. The van der Waals surface area contributed by atoms with Gasteiger partial charge in [0.15, 0.2) is 0 Å². The van der Waals surface area contributed by atoms with Crippen molar-refractivity contribution in [3.63, 3.8) is 0 Å². The first-order valence-electron chi connectivity index (χ1n) is 14.2. The molecule has 2 aromatic carbocycles. The van der Waals surface area contributed by atoms with Crippen molar-refractivity contribution in [2.45, 2.75) is 37.9 Å². The largest absolute Gasteiger partial charge is 0.439 e. The summed E-state index contributed by atoms with van der Waals surface area (Å²) in [7, 11) is 0. The van der Waals surface area contributed by atoms with E-state index in [0.29, 0.717) is 48.6 Å². The van der Waals surface area contributed by atoms with E-state index in [-0.39, 0.29) is 36.5 Å². The number of primary amides is 1. The maximum Gasteiger partial charge on any atom is 0.418 e. The van der Waals surface area contributed by atoms with Gasteiger partial charge < -0.3 is 25.4 Å². The summed E-state index contributed by atoms with van der Waals surface area (Å²) < 4.78 is 54.2. The van der Waals surface area contributed by atoms with E-state index >= 15 is 0 Å². The molecule has 0 spiro atoms. The minimum Gasteiger partial charge on any atom is -0.439 e. The highest BCUT2D eigenvalue weighted by Gasteiger charge is 2.38. The highest BCUT2D eigenvalue weighted by atomic mass is 19.4. The lowest BCUT2D eigenvalue weighted by atomic mass is 9.91. The number of alkyl halides is 3. The molecule has 0 saturated carbocycles. The van der Waals surface area contributed by atoms with Crippen molar-refractivity contribution in [2.24, 2.45) is 5.73 Å². The fraction of sp³-hybridized carbons (Fsp3) is 0.333. The molecule has 0 radical (unpaired) electrons. The molecule has 2 aromatic heterocycles. The number of aromatic nitrogens is 3. The summed E-state index contributed by atoms with van der Waals surface area (Å²) in [6.45, 7) is 2.71. The molecule has 2 amide bonds. The van der Waals surface area contributed by atoms with Gasteiger partial charge in [-0.15, -0.1) is 0 Å². The topological polar surface area (TPSA) is 168 Å². The van der Waals surface area contributed by atoms with Crippen LogP contribution in [-0.4, -0.2) is 63.2 Å². The quantitative estimate of drug-likeness (QED) is 0.179. The number of fused-ring (bicyclic) bond motifs is 1. The van der Waals surface area contributed by atoms with Gasteiger partial charge in [0.05, 0.1) is 36.4 Å². The van der Waals surface area contributed by atoms with Gasteiger partial charge in [-0.05, 0) is 42.5 Å². The zero-order chi connectivity index (χ0) is 33.1. The van der Waals surface area contributed by atoms with E-state index in [0.717, 1.165) is 6.07 Å². The van der Waals surface area contributed by atoms with Crippen molar-refractivity contribution in [3.8, 4) is 11.6 Å². The van der Waals surface area contributed by atoms with Gasteiger partial charge in [-0.25, -0.2) is 14.8 Å². The summed E-state index contributed by atoms with van der Waals surface area (Å²) >= 11 is 0. The van der Waals surface area contributed by atoms with Crippen molar-refractivity contribution in [1.29, 1.82) is 0 Å². The maximum absolute atomic E-state index is 13.9. The van der Waals surface area contributed by atoms with E-state index in [2.05, 4.69) is 15.3 Å². The molecule has 46 heavy (non-hydrogen) atoms. The van der Waals surface area contributed by atoms with E-state index in [1.807, 2.05) is 0 Å². The number of morpholine rings is 1. The van der Waals surface area contributed by atoms with Gasteiger partial charge in [0, 0.05) is 66.8 Å². The molecule has 1 aliphatic rings. The number of nitrogens with zero attached hydrogens (tertiary/aromatic N) is 5. The first kappa shape index (κ1) is 32.2. The smallest absolute Gasteiger partial charge is 0.418 e. The molecule has 0 bridgehead atoms. The molecular weight excluding hydrogens is 611 g/mol. The second-order valence-corrected chi connectivity index (χ2v) is 11.0. The number of anilines is 2. The van der Waals surface area contributed by atoms with E-state index in [1.54, 1.807) is 29.2 Å². The minimum atomic E-state index is -4.63. The minimum absolute atomic E-state index is 0.0153. The van der Waals surface area contributed by atoms with Crippen LogP contribution in [0.3, 0.4) is 0 Å². The average Bonchev–Trinajstić information content (AvgIpc) is 3.44. The number of nitro groups is 1. The molecule has 4 aromatic rings. The summed E-state index contributed by atoms with van der Waals surface area (Å²) in [4.78, 5) is 45.3. The number of nitrogens with one attached hydrogen (secondary N) is 1. The predicted octanol–water partition coefficient (Wildman–Crippen LogP) is 5.00. The zero-order valence-corrected chi connectivity index (χ0v) is 24.6. The van der Waals surface area contributed by atoms with Crippen molar-refractivity contribution >= 4 is 34.2 Å². The van der Waals surface area contributed by atoms with Crippen LogP contribution >= 0.6 is 0 Å². The van der Waals surface area contributed by atoms with Crippen LogP contribution in [0, 0.1) is 10.1 Å². The van der Waals surface area contributed by atoms with Crippen LogP contribution in [0.25, 0.3) is 10.9 Å². The third-order valence-electron chi connectivity index (χ3n) is 7.62. The van der Waals surface area contributed by atoms with Gasteiger partial charge in [-0.1, -0.05) is 0 Å². The number of carbonyl (C=O) groups excluding carboxylic acids is 2. The number of benzene rings is 2. The number of amides is 2. The lowest BCUT2D eigenvalue weighted by molar-refractivity contribution is -0.566. The van der Waals surface area contributed by atoms with Crippen LogP contribution in [0.15, 0.2) is 61.1 Å². The molecular formula is C30H30F3N7O6. The van der Waals surface area contributed by atoms with E-state index < -0.39 is 34.1 Å². The van der Waals surface area contributed by atoms with Crippen LogP contribution in [0.4, 0.5) is 29.3 Å². The molecule has 1 aliphatic heterocycles. The molecule has 3 heterocycles. The Morgan fingerprint density at radius 3 is 2.57 bits per heavy atom. The zero-order valence-electron chi connectivity index (χ0n) is 24.6. The summed E-state index contributed by atoms with van der Waals surface area (Å²) in [5, 5.41) is 14.8. The number of nitrogens with two attached hydrogens (primary N) is 1. The highest BCUT2D eigenvalue weighted by Crippen LogP contribution is 2.39. The van der Waals surface area contributed by atoms with E-state index in [4.69, 9.17) is 15.2 Å². The summed E-state index contributed by atoms with van der Waals surface area (Å²) in [5.41, 5.74) is 3.63. The van der Waals surface area contributed by atoms with Gasteiger partial charge in [0.2, 0.25) is 17.3 Å². The van der Waals surface area contributed by atoms with Crippen LogP contribution in [0.1, 0.15) is 31.0 Å². The molecule has 1 fully saturated rings. The van der Waals surface area contributed by atoms with Gasteiger partial charge >= 0.3 is 12.2 Å². The Balaban J connectivity index is 1.30. The molecule has 3 N–H and O–H groups in total. The van der Waals surface area contributed by atoms with Gasteiger partial charge in [-0.2, -0.15) is 13.2 Å². The Morgan fingerprint density at radius 1 is 1.11 bits per heavy atom. The second-order valence-electron chi connectivity index (χ2n) is 11.0.